The van der Waals surface area contributed by atoms with Crippen molar-refractivity contribution in [3.05, 3.63) is 23.8 Å². The van der Waals surface area contributed by atoms with Gasteiger partial charge in [0.15, 0.2) is 5.69 Å². The summed E-state index contributed by atoms with van der Waals surface area (Å²) in [7, 11) is 1.64. The Morgan fingerprint density at radius 3 is 2.94 bits per heavy atom. The molecule has 0 aromatic carbocycles. The second kappa shape index (κ2) is 4.19. The quantitative estimate of drug-likeness (QED) is 0.636. The van der Waals surface area contributed by atoms with E-state index in [4.69, 9.17) is 5.73 Å². The Bertz CT molecular complexity index is 500. The zero-order chi connectivity index (χ0) is 11.5. The molecule has 0 bridgehead atoms. The van der Waals surface area contributed by atoms with E-state index in [9.17, 15) is 4.79 Å². The topological polar surface area (TPSA) is 105 Å². The van der Waals surface area contributed by atoms with Crippen molar-refractivity contribution in [2.45, 2.75) is 6.54 Å². The van der Waals surface area contributed by atoms with Gasteiger partial charge < -0.3 is 5.73 Å². The minimum Gasteiger partial charge on any atom is -0.329 e. The molecule has 2 heterocycles. The highest BCUT2D eigenvalue weighted by atomic mass is 16.1. The molecule has 0 fully saturated rings. The zero-order valence-electron chi connectivity index (χ0n) is 8.74. The van der Waals surface area contributed by atoms with Gasteiger partial charge in [0.05, 0.1) is 18.9 Å². The maximum Gasteiger partial charge on any atom is 0.234 e. The summed E-state index contributed by atoms with van der Waals surface area (Å²) in [6.45, 7) is 0.980. The van der Waals surface area contributed by atoms with E-state index in [0.717, 1.165) is 0 Å². The molecular weight excluding hydrogens is 210 g/mol. The summed E-state index contributed by atoms with van der Waals surface area (Å²) >= 11 is 0. The standard InChI is InChI=1S/C8H11N7O/c1-14-7(4-10-12-14)8(16)6-5-15(3-2-9)13-11-6/h4-5H,2-3,9H2,1H3. The molecule has 0 atom stereocenters. The molecule has 8 nitrogen and oxygen atoms in total. The Morgan fingerprint density at radius 2 is 2.31 bits per heavy atom. The maximum absolute atomic E-state index is 11.9. The number of carbonyl (C=O) groups excluding carboxylic acids is 1. The number of aryl methyl sites for hydroxylation is 1. The van der Waals surface area contributed by atoms with Crippen molar-refractivity contribution < 1.29 is 4.79 Å². The number of hydrogen-bond acceptors (Lipinski definition) is 6. The van der Waals surface area contributed by atoms with E-state index in [-0.39, 0.29) is 11.5 Å². The van der Waals surface area contributed by atoms with Crippen LogP contribution in [0, 0.1) is 0 Å². The van der Waals surface area contributed by atoms with E-state index in [1.807, 2.05) is 0 Å². The molecule has 2 rings (SSSR count). The molecule has 16 heavy (non-hydrogen) atoms. The highest BCUT2D eigenvalue weighted by Gasteiger charge is 2.16. The Labute approximate surface area is 91.0 Å². The van der Waals surface area contributed by atoms with Gasteiger partial charge >= 0.3 is 0 Å². The molecule has 0 aliphatic carbocycles. The fourth-order valence-corrected chi connectivity index (χ4v) is 1.27. The molecule has 0 spiro atoms. The van der Waals surface area contributed by atoms with Gasteiger partial charge in [-0.15, -0.1) is 10.2 Å². The van der Waals surface area contributed by atoms with Crippen molar-refractivity contribution in [3.63, 3.8) is 0 Å². The molecule has 0 unspecified atom stereocenters. The predicted molar refractivity (Wildman–Crippen MR) is 53.5 cm³/mol. The SMILES string of the molecule is Cn1nncc1C(=O)c1cn(CCN)nn1. The molecule has 0 radical (unpaired) electrons. The van der Waals surface area contributed by atoms with Gasteiger partial charge in [0.25, 0.3) is 0 Å². The molecule has 84 valence electrons. The third-order valence-corrected chi connectivity index (χ3v) is 2.08. The summed E-state index contributed by atoms with van der Waals surface area (Å²) in [5.74, 6) is -0.254. The fourth-order valence-electron chi connectivity index (χ4n) is 1.27. The average molecular weight is 221 g/mol. The number of hydrogen-bond donors (Lipinski definition) is 1. The number of rotatable bonds is 4. The van der Waals surface area contributed by atoms with Crippen LogP contribution in [0.15, 0.2) is 12.4 Å². The number of carbonyl (C=O) groups is 1. The van der Waals surface area contributed by atoms with Crippen LogP contribution in [-0.4, -0.2) is 42.3 Å². The summed E-state index contributed by atoms with van der Waals surface area (Å²) in [4.78, 5) is 11.9. The lowest BCUT2D eigenvalue weighted by Gasteiger charge is -1.95. The van der Waals surface area contributed by atoms with Gasteiger partial charge in [0, 0.05) is 13.6 Å². The Balaban J connectivity index is 2.24. The van der Waals surface area contributed by atoms with Crippen molar-refractivity contribution in [2.75, 3.05) is 6.54 Å². The fraction of sp³-hybridized carbons (Fsp3) is 0.375. The van der Waals surface area contributed by atoms with Crippen LogP contribution >= 0.6 is 0 Å². The molecule has 2 aromatic heterocycles. The van der Waals surface area contributed by atoms with Crippen molar-refractivity contribution in [1.29, 1.82) is 0 Å². The average Bonchev–Trinajstić information content (AvgIpc) is 2.87. The lowest BCUT2D eigenvalue weighted by atomic mass is 10.2. The lowest BCUT2D eigenvalue weighted by Crippen LogP contribution is -2.10. The van der Waals surface area contributed by atoms with E-state index >= 15 is 0 Å². The second-order valence-electron chi connectivity index (χ2n) is 3.23. The lowest BCUT2D eigenvalue weighted by molar-refractivity contribution is 0.102. The van der Waals surface area contributed by atoms with Gasteiger partial charge in [0.2, 0.25) is 5.78 Å². The minimum atomic E-state index is -0.254. The molecule has 8 heteroatoms. The zero-order valence-corrected chi connectivity index (χ0v) is 8.74. The van der Waals surface area contributed by atoms with Gasteiger partial charge in [-0.25, -0.2) is 4.68 Å². The van der Waals surface area contributed by atoms with Crippen LogP contribution in [0.1, 0.15) is 16.2 Å². The van der Waals surface area contributed by atoms with Crippen LogP contribution in [0.2, 0.25) is 0 Å². The molecule has 2 aromatic rings. The maximum atomic E-state index is 11.9. The number of nitrogens with zero attached hydrogens (tertiary/aromatic N) is 6. The molecule has 0 aliphatic rings. The highest BCUT2D eigenvalue weighted by molar-refractivity contribution is 6.06. The van der Waals surface area contributed by atoms with Gasteiger partial charge in [-0.3, -0.25) is 9.48 Å². The molecular formula is C8H11N7O. The first-order valence-corrected chi connectivity index (χ1v) is 4.72. The van der Waals surface area contributed by atoms with Gasteiger partial charge in [-0.2, -0.15) is 0 Å². The molecule has 0 saturated carbocycles. The Hall–Kier alpha value is -2.09. The third kappa shape index (κ3) is 1.82. The monoisotopic (exact) mass is 221 g/mol. The van der Waals surface area contributed by atoms with Crippen LogP contribution in [0.25, 0.3) is 0 Å². The Kier molecular flexibility index (Phi) is 2.73. The second-order valence-corrected chi connectivity index (χ2v) is 3.23. The third-order valence-electron chi connectivity index (χ3n) is 2.08. The van der Waals surface area contributed by atoms with Crippen LogP contribution < -0.4 is 5.73 Å². The molecule has 2 N–H and O–H groups in total. The van der Waals surface area contributed by atoms with Crippen LogP contribution in [0.3, 0.4) is 0 Å². The van der Waals surface area contributed by atoms with Crippen molar-refractivity contribution in [3.8, 4) is 0 Å². The summed E-state index contributed by atoms with van der Waals surface area (Å²) in [5, 5.41) is 14.9. The number of ketones is 1. The van der Waals surface area contributed by atoms with Gasteiger partial charge in [-0.1, -0.05) is 10.4 Å². The summed E-state index contributed by atoms with van der Waals surface area (Å²) in [6.07, 6.45) is 2.95. The highest BCUT2D eigenvalue weighted by Crippen LogP contribution is 2.03. The normalized spacial score (nSPS) is 10.6. The molecule has 0 saturated heterocycles. The van der Waals surface area contributed by atoms with E-state index in [1.54, 1.807) is 13.2 Å². The van der Waals surface area contributed by atoms with Crippen molar-refractivity contribution in [1.82, 2.24) is 30.0 Å². The van der Waals surface area contributed by atoms with Crippen molar-refractivity contribution in [2.24, 2.45) is 12.8 Å². The Morgan fingerprint density at radius 1 is 1.50 bits per heavy atom. The first-order valence-electron chi connectivity index (χ1n) is 4.72. The number of nitrogens with two attached hydrogens (primary N) is 1. The van der Waals surface area contributed by atoms with Crippen LogP contribution in [-0.2, 0) is 13.6 Å². The predicted octanol–water partition coefficient (Wildman–Crippen LogP) is -1.40. The summed E-state index contributed by atoms with van der Waals surface area (Å²) in [5.41, 5.74) is 6.00. The summed E-state index contributed by atoms with van der Waals surface area (Å²) < 4.78 is 2.92. The summed E-state index contributed by atoms with van der Waals surface area (Å²) in [6, 6.07) is 0. The smallest absolute Gasteiger partial charge is 0.234 e. The van der Waals surface area contributed by atoms with E-state index in [2.05, 4.69) is 20.6 Å². The van der Waals surface area contributed by atoms with Gasteiger partial charge in [0.1, 0.15) is 5.69 Å². The van der Waals surface area contributed by atoms with Crippen LogP contribution in [0.5, 0.6) is 0 Å². The minimum absolute atomic E-state index is 0.254. The first kappa shape index (κ1) is 10.4. The van der Waals surface area contributed by atoms with Crippen LogP contribution in [0.4, 0.5) is 0 Å². The van der Waals surface area contributed by atoms with E-state index in [1.165, 1.54) is 15.6 Å². The number of aromatic nitrogens is 6. The van der Waals surface area contributed by atoms with Gasteiger partial charge in [-0.05, 0) is 0 Å². The molecule has 0 amide bonds. The van der Waals surface area contributed by atoms with Crippen molar-refractivity contribution >= 4 is 5.78 Å². The first-order chi connectivity index (χ1) is 7.72. The largest absolute Gasteiger partial charge is 0.329 e. The van der Waals surface area contributed by atoms with E-state index < -0.39 is 0 Å². The van der Waals surface area contributed by atoms with E-state index in [0.29, 0.717) is 18.8 Å². The molecule has 0 aliphatic heterocycles.